The van der Waals surface area contributed by atoms with Crippen LogP contribution in [0.1, 0.15) is 39.6 Å². The molecule has 248 valence electrons. The molecule has 1 unspecified atom stereocenters. The summed E-state index contributed by atoms with van der Waals surface area (Å²) >= 11 is 0. The van der Waals surface area contributed by atoms with E-state index in [-0.39, 0.29) is 17.1 Å². The number of ether oxygens (including phenoxy) is 3. The number of hydrogen-bond donors (Lipinski definition) is 1. The molecule has 4 aromatic rings. The van der Waals surface area contributed by atoms with Gasteiger partial charge < -0.3 is 29.4 Å². The number of carbonyl (C=O) groups excluding carboxylic acids is 2. The van der Waals surface area contributed by atoms with Gasteiger partial charge in [-0.3, -0.25) is 9.69 Å². The van der Waals surface area contributed by atoms with Gasteiger partial charge in [0.15, 0.2) is 5.82 Å². The number of halogens is 1. The van der Waals surface area contributed by atoms with Gasteiger partial charge in [-0.05, 0) is 70.2 Å². The van der Waals surface area contributed by atoms with Crippen molar-refractivity contribution in [2.75, 3.05) is 55.6 Å². The molecule has 1 saturated heterocycles. The van der Waals surface area contributed by atoms with Crippen molar-refractivity contribution in [2.24, 2.45) is 0 Å². The quantitative estimate of drug-likeness (QED) is 0.278. The normalized spacial score (nSPS) is 14.0. The van der Waals surface area contributed by atoms with E-state index < -0.39 is 29.6 Å². The second kappa shape index (κ2) is 13.6. The fourth-order valence-corrected chi connectivity index (χ4v) is 5.43. The minimum absolute atomic E-state index is 0.238. The zero-order chi connectivity index (χ0) is 33.9. The van der Waals surface area contributed by atoms with E-state index in [9.17, 15) is 18.8 Å². The Labute approximate surface area is 272 Å². The number of nitrogens with one attached hydrogen (secondary N) is 1. The number of piperazine rings is 1. The highest BCUT2D eigenvalue weighted by Gasteiger charge is 2.33. The van der Waals surface area contributed by atoms with Gasteiger partial charge in [-0.15, -0.1) is 0 Å². The molecule has 2 heterocycles. The zero-order valence-corrected chi connectivity index (χ0v) is 27.3. The summed E-state index contributed by atoms with van der Waals surface area (Å²) in [5.41, 5.74) is 0.0828. The van der Waals surface area contributed by atoms with Crippen LogP contribution in [0.4, 0.5) is 25.4 Å². The van der Waals surface area contributed by atoms with E-state index in [0.29, 0.717) is 54.3 Å². The molecular formula is C34H39FN6O6. The number of aromatic nitrogens is 2. The summed E-state index contributed by atoms with van der Waals surface area (Å²) in [6.07, 6.45) is -0.429. The van der Waals surface area contributed by atoms with Gasteiger partial charge in [0.25, 0.3) is 5.56 Å². The third-order valence-corrected chi connectivity index (χ3v) is 7.67. The number of carbonyl (C=O) groups is 2. The Hall–Kier alpha value is -5.33. The Morgan fingerprint density at radius 2 is 1.68 bits per heavy atom. The second-order valence-corrected chi connectivity index (χ2v) is 12.0. The van der Waals surface area contributed by atoms with E-state index in [4.69, 9.17) is 19.2 Å². The van der Waals surface area contributed by atoms with Crippen LogP contribution in [-0.4, -0.2) is 72.7 Å². The van der Waals surface area contributed by atoms with Gasteiger partial charge in [0.05, 0.1) is 49.9 Å². The van der Waals surface area contributed by atoms with Gasteiger partial charge >= 0.3 is 12.1 Å². The number of amides is 3. The lowest BCUT2D eigenvalue weighted by molar-refractivity contribution is 0.0231. The Bertz CT molecular complexity index is 1830. The first-order valence-corrected chi connectivity index (χ1v) is 15.2. The minimum Gasteiger partial charge on any atom is -0.497 e. The van der Waals surface area contributed by atoms with E-state index in [1.807, 2.05) is 25.8 Å². The van der Waals surface area contributed by atoms with Gasteiger partial charge in [-0.25, -0.2) is 23.6 Å². The predicted molar refractivity (Wildman–Crippen MR) is 178 cm³/mol. The Morgan fingerprint density at radius 1 is 0.957 bits per heavy atom. The summed E-state index contributed by atoms with van der Waals surface area (Å²) < 4.78 is 32.2. The molecule has 0 radical (unpaired) electrons. The van der Waals surface area contributed by atoms with E-state index in [1.165, 1.54) is 42.0 Å². The number of para-hydroxylation sites is 1. The van der Waals surface area contributed by atoms with Crippen molar-refractivity contribution >= 4 is 34.4 Å². The summed E-state index contributed by atoms with van der Waals surface area (Å²) in [7, 11) is 2.99. The molecule has 12 nitrogen and oxygen atoms in total. The highest BCUT2D eigenvalue weighted by Crippen LogP contribution is 2.37. The maximum absolute atomic E-state index is 14.2. The van der Waals surface area contributed by atoms with E-state index in [2.05, 4.69) is 5.32 Å². The molecule has 0 spiro atoms. The Balaban J connectivity index is 1.60. The van der Waals surface area contributed by atoms with Crippen molar-refractivity contribution < 1.29 is 28.2 Å². The van der Waals surface area contributed by atoms with Crippen molar-refractivity contribution in [3.63, 3.8) is 0 Å². The number of urea groups is 1. The largest absolute Gasteiger partial charge is 0.497 e. The van der Waals surface area contributed by atoms with Crippen molar-refractivity contribution in [2.45, 2.75) is 39.3 Å². The molecule has 47 heavy (non-hydrogen) atoms. The molecule has 0 aliphatic carbocycles. The molecule has 13 heteroatoms. The number of nitrogens with zero attached hydrogens (tertiary/aromatic N) is 5. The van der Waals surface area contributed by atoms with Crippen molar-refractivity contribution in [3.8, 4) is 11.5 Å². The zero-order valence-electron chi connectivity index (χ0n) is 27.3. The third kappa shape index (κ3) is 7.24. The molecule has 5 rings (SSSR count). The van der Waals surface area contributed by atoms with Crippen LogP contribution in [0, 0.1) is 5.82 Å². The van der Waals surface area contributed by atoms with Gasteiger partial charge in [-0.1, -0.05) is 18.2 Å². The van der Waals surface area contributed by atoms with Crippen LogP contribution in [0.25, 0.3) is 10.9 Å². The highest BCUT2D eigenvalue weighted by atomic mass is 19.1. The predicted octanol–water partition coefficient (Wildman–Crippen LogP) is 5.54. The molecule has 1 N–H and O–H groups in total. The highest BCUT2D eigenvalue weighted by molar-refractivity contribution is 6.03. The molecule has 0 saturated carbocycles. The average Bonchev–Trinajstić information content (AvgIpc) is 3.04. The van der Waals surface area contributed by atoms with Crippen molar-refractivity contribution in [1.29, 1.82) is 0 Å². The molecular weight excluding hydrogens is 607 g/mol. The van der Waals surface area contributed by atoms with Crippen LogP contribution < -0.4 is 30.3 Å². The third-order valence-electron chi connectivity index (χ3n) is 7.67. The number of fused-ring (bicyclic) bond motifs is 1. The molecule has 1 aromatic heterocycles. The van der Waals surface area contributed by atoms with Gasteiger partial charge in [-0.2, -0.15) is 0 Å². The number of benzene rings is 3. The molecule has 1 aliphatic rings. The van der Waals surface area contributed by atoms with Crippen LogP contribution in [0.2, 0.25) is 0 Å². The summed E-state index contributed by atoms with van der Waals surface area (Å²) in [5.74, 6) is 0.588. The SMILES string of the molecule is COc1ccc(N(C(=O)Nc2cccc(F)c2)C(C)c2nc3ccccc3c(=O)n2N2CCN(C(=O)OC(C)(C)C)CC2)c(OC)c1. The van der Waals surface area contributed by atoms with Crippen LogP contribution in [0.3, 0.4) is 0 Å². The number of anilines is 2. The lowest BCUT2D eigenvalue weighted by Gasteiger charge is -2.39. The summed E-state index contributed by atoms with van der Waals surface area (Å²) in [6, 6.07) is 16.1. The van der Waals surface area contributed by atoms with Crippen LogP contribution in [0.15, 0.2) is 71.5 Å². The minimum atomic E-state index is -0.868. The lowest BCUT2D eigenvalue weighted by atomic mass is 10.1. The maximum atomic E-state index is 14.2. The standard InChI is InChI=1S/C34H39FN6O6/c1-22(40(28-15-14-25(45-5)21-29(28)46-6)32(43)36-24-11-9-10-23(35)20-24)30-37-27-13-8-7-12-26(27)31(42)41(30)39-18-16-38(17-19-39)33(44)47-34(2,3)4/h7-15,20-22H,16-19H2,1-6H3,(H,36,43). The maximum Gasteiger partial charge on any atom is 0.410 e. The molecule has 1 aliphatic heterocycles. The molecule has 1 atom stereocenters. The van der Waals surface area contributed by atoms with Crippen molar-refractivity contribution in [3.05, 3.63) is 88.7 Å². The Morgan fingerprint density at radius 3 is 2.34 bits per heavy atom. The first kappa shape index (κ1) is 33.0. The van der Waals surface area contributed by atoms with E-state index in [1.54, 1.807) is 60.4 Å². The molecule has 3 aromatic carbocycles. The topological polar surface area (TPSA) is 118 Å². The lowest BCUT2D eigenvalue weighted by Crippen LogP contribution is -2.57. The van der Waals surface area contributed by atoms with Crippen LogP contribution in [0.5, 0.6) is 11.5 Å². The van der Waals surface area contributed by atoms with Crippen molar-refractivity contribution in [1.82, 2.24) is 14.6 Å². The van der Waals surface area contributed by atoms with Gasteiger partial charge in [0.2, 0.25) is 0 Å². The first-order valence-electron chi connectivity index (χ1n) is 15.2. The smallest absolute Gasteiger partial charge is 0.410 e. The molecule has 0 bridgehead atoms. The first-order chi connectivity index (χ1) is 22.4. The summed E-state index contributed by atoms with van der Waals surface area (Å²) in [4.78, 5) is 49.1. The average molecular weight is 647 g/mol. The number of hydrogen-bond acceptors (Lipinski definition) is 8. The molecule has 3 amide bonds. The van der Waals surface area contributed by atoms with Crippen LogP contribution in [-0.2, 0) is 4.74 Å². The second-order valence-electron chi connectivity index (χ2n) is 12.0. The van der Waals surface area contributed by atoms with E-state index in [0.717, 1.165) is 0 Å². The van der Waals surface area contributed by atoms with Crippen LogP contribution >= 0.6 is 0 Å². The van der Waals surface area contributed by atoms with Gasteiger partial charge in [0, 0.05) is 24.8 Å². The van der Waals surface area contributed by atoms with Gasteiger partial charge in [0.1, 0.15) is 22.9 Å². The number of methoxy groups -OCH3 is 2. The summed E-state index contributed by atoms with van der Waals surface area (Å²) in [6.45, 7) is 8.39. The monoisotopic (exact) mass is 646 g/mol. The molecule has 1 fully saturated rings. The summed E-state index contributed by atoms with van der Waals surface area (Å²) in [5, 5.41) is 4.99. The number of rotatable bonds is 7. The Kier molecular flexibility index (Phi) is 9.54. The van der Waals surface area contributed by atoms with E-state index >= 15 is 0 Å². The fourth-order valence-electron chi connectivity index (χ4n) is 5.43. The fraction of sp³-hybridized carbons (Fsp3) is 0.353.